The summed E-state index contributed by atoms with van der Waals surface area (Å²) in [6, 6.07) is 21.6. The van der Waals surface area contributed by atoms with Gasteiger partial charge in [0.05, 0.1) is 13.0 Å². The molecule has 164 valence electrons. The second-order valence-electron chi connectivity index (χ2n) is 10.1. The average molecular weight is 435 g/mol. The number of ether oxygens (including phenoxy) is 1. The lowest BCUT2D eigenvalue weighted by Crippen LogP contribution is -2.66. The topological polar surface area (TPSA) is 35.5 Å². The van der Waals surface area contributed by atoms with E-state index in [1.165, 1.54) is 17.5 Å². The van der Waals surface area contributed by atoms with Crippen LogP contribution in [0, 0.1) is 29.6 Å². The highest BCUT2D eigenvalue weighted by Crippen LogP contribution is 2.62. The number of hydrogen-bond donors (Lipinski definition) is 0. The molecule has 0 aliphatic heterocycles. The van der Waals surface area contributed by atoms with Crippen molar-refractivity contribution in [2.45, 2.75) is 32.2 Å². The Labute approximate surface area is 187 Å². The van der Waals surface area contributed by atoms with E-state index in [-0.39, 0.29) is 22.8 Å². The summed E-state index contributed by atoms with van der Waals surface area (Å²) >= 11 is 0. The van der Waals surface area contributed by atoms with E-state index in [0.717, 1.165) is 13.0 Å². The second kappa shape index (κ2) is 8.40. The van der Waals surface area contributed by atoms with Gasteiger partial charge >= 0.3 is 5.97 Å². The van der Waals surface area contributed by atoms with E-state index in [4.69, 9.17) is 9.16 Å². The standard InChI is InChI=1S/C27H34O3Si/c1-6-22-24(25(22)26(28)29-5)23-17-19(23)18-30-31(27(2,3)4,20-13-9-7-10-14-20)21-15-11-8-12-16-21/h6-16,19,22-25H,1,17-18H2,2-5H3/t19-,22+,23+,24+,25-/m0/s1. The third-order valence-electron chi connectivity index (χ3n) is 7.28. The highest BCUT2D eigenvalue weighted by atomic mass is 28.4. The number of methoxy groups -OCH3 is 1. The average Bonchev–Trinajstić information content (AvgIpc) is 3.68. The Kier molecular flexibility index (Phi) is 5.97. The molecule has 0 saturated heterocycles. The summed E-state index contributed by atoms with van der Waals surface area (Å²) in [5.41, 5.74) is 0. The van der Waals surface area contributed by atoms with Crippen LogP contribution in [0.15, 0.2) is 73.3 Å². The molecule has 0 spiro atoms. The van der Waals surface area contributed by atoms with Crippen LogP contribution in [0.2, 0.25) is 5.04 Å². The van der Waals surface area contributed by atoms with E-state index in [9.17, 15) is 4.79 Å². The van der Waals surface area contributed by atoms with Gasteiger partial charge in [-0.15, -0.1) is 6.58 Å². The molecule has 0 heterocycles. The quantitative estimate of drug-likeness (QED) is 0.350. The Morgan fingerprint density at radius 1 is 1.06 bits per heavy atom. The van der Waals surface area contributed by atoms with Crippen LogP contribution in [-0.4, -0.2) is 28.0 Å². The predicted molar refractivity (Wildman–Crippen MR) is 128 cm³/mol. The molecule has 2 aromatic carbocycles. The first-order chi connectivity index (χ1) is 14.8. The maximum atomic E-state index is 12.1. The minimum Gasteiger partial charge on any atom is -0.469 e. The van der Waals surface area contributed by atoms with Crippen molar-refractivity contribution in [2.24, 2.45) is 29.6 Å². The molecule has 3 nitrogen and oxygen atoms in total. The number of rotatable bonds is 8. The zero-order chi connectivity index (χ0) is 22.2. The molecule has 2 fully saturated rings. The minimum absolute atomic E-state index is 0.00892. The molecule has 2 aliphatic rings. The van der Waals surface area contributed by atoms with Crippen LogP contribution in [0.1, 0.15) is 27.2 Å². The predicted octanol–water partition coefficient (Wildman–Crippen LogP) is 4.42. The lowest BCUT2D eigenvalue weighted by atomic mass is 10.1. The number of hydrogen-bond acceptors (Lipinski definition) is 3. The third-order valence-corrected chi connectivity index (χ3v) is 12.3. The van der Waals surface area contributed by atoms with Crippen molar-refractivity contribution in [1.82, 2.24) is 0 Å². The van der Waals surface area contributed by atoms with E-state index in [0.29, 0.717) is 17.8 Å². The monoisotopic (exact) mass is 434 g/mol. The number of carbonyl (C=O) groups excluding carboxylic acids is 1. The fourth-order valence-electron chi connectivity index (χ4n) is 5.59. The molecular formula is C27H34O3Si. The summed E-state index contributed by atoms with van der Waals surface area (Å²) in [5.74, 6) is 1.57. The van der Waals surface area contributed by atoms with Gasteiger partial charge in [-0.2, -0.15) is 0 Å². The van der Waals surface area contributed by atoms with Gasteiger partial charge in [0.15, 0.2) is 0 Å². The highest BCUT2D eigenvalue weighted by Gasteiger charge is 2.63. The van der Waals surface area contributed by atoms with Crippen molar-refractivity contribution in [2.75, 3.05) is 13.7 Å². The molecular weight excluding hydrogens is 400 g/mol. The molecule has 2 aliphatic carbocycles. The normalized spacial score (nSPS) is 27.4. The van der Waals surface area contributed by atoms with Crippen molar-refractivity contribution in [3.05, 3.63) is 73.3 Å². The van der Waals surface area contributed by atoms with Crippen LogP contribution in [0.3, 0.4) is 0 Å². The van der Waals surface area contributed by atoms with Crippen molar-refractivity contribution in [3.8, 4) is 0 Å². The molecule has 5 atom stereocenters. The van der Waals surface area contributed by atoms with Crippen molar-refractivity contribution in [1.29, 1.82) is 0 Å². The first-order valence-corrected chi connectivity index (χ1v) is 13.2. The molecule has 4 rings (SSSR count). The van der Waals surface area contributed by atoms with Crippen LogP contribution in [0.25, 0.3) is 0 Å². The van der Waals surface area contributed by atoms with Crippen LogP contribution >= 0.6 is 0 Å². The minimum atomic E-state index is -2.50. The maximum absolute atomic E-state index is 12.1. The zero-order valence-electron chi connectivity index (χ0n) is 19.1. The first kappa shape index (κ1) is 22.0. The Morgan fingerprint density at radius 3 is 2.06 bits per heavy atom. The second-order valence-corrected chi connectivity index (χ2v) is 14.4. The molecule has 2 saturated carbocycles. The molecule has 0 amide bonds. The molecule has 0 unspecified atom stereocenters. The number of allylic oxidation sites excluding steroid dienone is 1. The fraction of sp³-hybridized carbons (Fsp3) is 0.444. The molecule has 0 aromatic heterocycles. The summed E-state index contributed by atoms with van der Waals surface area (Å²) in [6.45, 7) is 11.6. The van der Waals surface area contributed by atoms with Gasteiger partial charge < -0.3 is 9.16 Å². The molecule has 0 N–H and O–H groups in total. The Balaban J connectivity index is 1.58. The molecule has 2 aromatic rings. The third kappa shape index (κ3) is 3.92. The van der Waals surface area contributed by atoms with Gasteiger partial charge in [-0.1, -0.05) is 87.5 Å². The van der Waals surface area contributed by atoms with Gasteiger partial charge in [-0.25, -0.2) is 0 Å². The first-order valence-electron chi connectivity index (χ1n) is 11.3. The molecule has 0 bridgehead atoms. The Bertz CT molecular complexity index is 879. The van der Waals surface area contributed by atoms with Gasteiger partial charge in [0.1, 0.15) is 0 Å². The molecule has 31 heavy (non-hydrogen) atoms. The van der Waals surface area contributed by atoms with E-state index in [2.05, 4.69) is 88.0 Å². The summed E-state index contributed by atoms with van der Waals surface area (Å²) in [5, 5.41) is 2.61. The summed E-state index contributed by atoms with van der Waals surface area (Å²) < 4.78 is 12.1. The van der Waals surface area contributed by atoms with Gasteiger partial charge in [0, 0.05) is 6.61 Å². The van der Waals surface area contributed by atoms with Crippen LogP contribution in [0.5, 0.6) is 0 Å². The highest BCUT2D eigenvalue weighted by molar-refractivity contribution is 6.99. The largest absolute Gasteiger partial charge is 0.469 e. The van der Waals surface area contributed by atoms with Gasteiger partial charge in [0.2, 0.25) is 0 Å². The van der Waals surface area contributed by atoms with E-state index >= 15 is 0 Å². The lowest BCUT2D eigenvalue weighted by Gasteiger charge is -2.43. The van der Waals surface area contributed by atoms with Crippen LogP contribution in [0.4, 0.5) is 0 Å². The SMILES string of the molecule is C=C[C@H]1[C@H](C(=O)OC)[C@H]1[C@@H]1C[C@H]1CO[Si](c1ccccc1)(c1ccccc1)C(C)(C)C. The van der Waals surface area contributed by atoms with Gasteiger partial charge in [-0.3, -0.25) is 4.79 Å². The van der Waals surface area contributed by atoms with Gasteiger partial charge in [-0.05, 0) is 45.5 Å². The van der Waals surface area contributed by atoms with Crippen LogP contribution < -0.4 is 10.4 Å². The molecule has 4 heteroatoms. The smallest absolute Gasteiger partial charge is 0.309 e. The Morgan fingerprint density at radius 2 is 1.61 bits per heavy atom. The van der Waals surface area contributed by atoms with E-state index in [1.54, 1.807) is 0 Å². The van der Waals surface area contributed by atoms with Crippen molar-refractivity contribution in [3.63, 3.8) is 0 Å². The fourth-order valence-corrected chi connectivity index (χ4v) is 10.2. The zero-order valence-corrected chi connectivity index (χ0v) is 20.1. The van der Waals surface area contributed by atoms with Crippen molar-refractivity contribution >= 4 is 24.7 Å². The molecule has 0 radical (unpaired) electrons. The summed E-state index contributed by atoms with van der Waals surface area (Å²) in [7, 11) is -1.02. The van der Waals surface area contributed by atoms with Crippen LogP contribution in [-0.2, 0) is 14.0 Å². The number of carbonyl (C=O) groups is 1. The summed E-state index contributed by atoms with van der Waals surface area (Å²) in [6.07, 6.45) is 3.06. The number of esters is 1. The van der Waals surface area contributed by atoms with E-state index in [1.807, 2.05) is 6.08 Å². The lowest BCUT2D eigenvalue weighted by molar-refractivity contribution is -0.142. The number of benzene rings is 2. The van der Waals surface area contributed by atoms with E-state index < -0.39 is 8.32 Å². The Hall–Kier alpha value is -2.17. The summed E-state index contributed by atoms with van der Waals surface area (Å²) in [4.78, 5) is 12.1. The van der Waals surface area contributed by atoms with Gasteiger partial charge in [0.25, 0.3) is 8.32 Å². The van der Waals surface area contributed by atoms with Crippen molar-refractivity contribution < 1.29 is 14.0 Å². The maximum Gasteiger partial charge on any atom is 0.309 e.